The van der Waals surface area contributed by atoms with Gasteiger partial charge in [-0.15, -0.1) is 11.3 Å². The number of nitrogens with one attached hydrogen (secondary N) is 1. The van der Waals surface area contributed by atoms with Crippen LogP contribution >= 0.6 is 11.3 Å². The molecule has 1 aromatic heterocycles. The van der Waals surface area contributed by atoms with Crippen molar-refractivity contribution in [2.75, 3.05) is 25.6 Å². The average Bonchev–Trinajstić information content (AvgIpc) is 3.24. The molecule has 1 aliphatic rings. The Morgan fingerprint density at radius 1 is 1.44 bits per heavy atom. The van der Waals surface area contributed by atoms with Gasteiger partial charge in [0.15, 0.2) is 0 Å². The van der Waals surface area contributed by atoms with Crippen molar-refractivity contribution in [3.8, 4) is 5.75 Å². The number of thiazole rings is 1. The summed E-state index contributed by atoms with van der Waals surface area (Å²) < 4.78 is 5.13. The number of nitrogens with zero attached hydrogens (tertiary/aromatic N) is 3. The minimum absolute atomic E-state index is 0.00220. The van der Waals surface area contributed by atoms with Gasteiger partial charge in [-0.1, -0.05) is 0 Å². The van der Waals surface area contributed by atoms with Crippen LogP contribution in [0.5, 0.6) is 5.75 Å². The van der Waals surface area contributed by atoms with Gasteiger partial charge in [0.1, 0.15) is 5.75 Å². The van der Waals surface area contributed by atoms with Crippen LogP contribution in [-0.2, 0) is 11.3 Å². The van der Waals surface area contributed by atoms with Crippen molar-refractivity contribution in [3.05, 3.63) is 40.8 Å². The summed E-state index contributed by atoms with van der Waals surface area (Å²) in [4.78, 5) is 32.0. The molecule has 3 amide bonds. The van der Waals surface area contributed by atoms with Crippen LogP contribution in [0.3, 0.4) is 0 Å². The van der Waals surface area contributed by atoms with Crippen LogP contribution in [0.2, 0.25) is 0 Å². The van der Waals surface area contributed by atoms with Crippen LogP contribution in [0.25, 0.3) is 0 Å². The number of rotatable bonds is 5. The summed E-state index contributed by atoms with van der Waals surface area (Å²) in [5, 5.41) is 4.83. The second kappa shape index (κ2) is 7.52. The standard InChI is InChI=1S/C17H20N4O3S/c1-20(8-13-10-25-11-18-13)17(23)19-12-7-16(22)21(9-12)14-3-5-15(24-2)6-4-14/h3-6,10-12H,7-9H2,1-2H3,(H,19,23). The minimum Gasteiger partial charge on any atom is -0.497 e. The third kappa shape index (κ3) is 4.08. The molecule has 25 heavy (non-hydrogen) atoms. The van der Waals surface area contributed by atoms with Crippen LogP contribution < -0.4 is 15.0 Å². The van der Waals surface area contributed by atoms with E-state index in [-0.39, 0.29) is 18.0 Å². The van der Waals surface area contributed by atoms with Gasteiger partial charge in [-0.05, 0) is 24.3 Å². The Morgan fingerprint density at radius 2 is 2.20 bits per heavy atom. The van der Waals surface area contributed by atoms with Crippen molar-refractivity contribution < 1.29 is 14.3 Å². The predicted molar refractivity (Wildman–Crippen MR) is 95.9 cm³/mol. The van der Waals surface area contributed by atoms with E-state index < -0.39 is 0 Å². The van der Waals surface area contributed by atoms with Crippen molar-refractivity contribution in [2.45, 2.75) is 19.0 Å². The number of anilines is 1. The van der Waals surface area contributed by atoms with E-state index in [1.165, 1.54) is 11.3 Å². The highest BCUT2D eigenvalue weighted by molar-refractivity contribution is 7.07. The van der Waals surface area contributed by atoms with Gasteiger partial charge in [0.25, 0.3) is 0 Å². The molecular weight excluding hydrogens is 340 g/mol. The quantitative estimate of drug-likeness (QED) is 0.886. The summed E-state index contributed by atoms with van der Waals surface area (Å²) in [6.07, 6.45) is 0.294. The van der Waals surface area contributed by atoms with Crippen molar-refractivity contribution in [3.63, 3.8) is 0 Å². The van der Waals surface area contributed by atoms with Gasteiger partial charge in [-0.25, -0.2) is 9.78 Å². The van der Waals surface area contributed by atoms with Gasteiger partial charge >= 0.3 is 6.03 Å². The lowest BCUT2D eigenvalue weighted by molar-refractivity contribution is -0.117. The van der Waals surface area contributed by atoms with E-state index in [0.29, 0.717) is 19.5 Å². The molecule has 1 saturated heterocycles. The molecule has 8 heteroatoms. The van der Waals surface area contributed by atoms with Crippen LogP contribution in [0.15, 0.2) is 35.2 Å². The Morgan fingerprint density at radius 3 is 2.84 bits per heavy atom. The number of benzene rings is 1. The van der Waals surface area contributed by atoms with E-state index in [9.17, 15) is 9.59 Å². The van der Waals surface area contributed by atoms with Crippen LogP contribution in [0.4, 0.5) is 10.5 Å². The maximum Gasteiger partial charge on any atom is 0.317 e. The number of methoxy groups -OCH3 is 1. The smallest absolute Gasteiger partial charge is 0.317 e. The van der Waals surface area contributed by atoms with Gasteiger partial charge < -0.3 is 19.9 Å². The molecule has 1 N–H and O–H groups in total. The van der Waals surface area contributed by atoms with Gasteiger partial charge in [0.05, 0.1) is 30.9 Å². The molecule has 0 bridgehead atoms. The summed E-state index contributed by atoms with van der Waals surface area (Å²) in [6, 6.07) is 6.90. The molecule has 1 aliphatic heterocycles. The first kappa shape index (κ1) is 17.2. The van der Waals surface area contributed by atoms with E-state index in [1.54, 1.807) is 29.5 Å². The summed E-state index contributed by atoms with van der Waals surface area (Å²) in [6.45, 7) is 0.902. The van der Waals surface area contributed by atoms with Crippen molar-refractivity contribution in [2.24, 2.45) is 0 Å². The molecule has 0 radical (unpaired) electrons. The molecule has 0 spiro atoms. The maximum absolute atomic E-state index is 12.3. The first-order valence-corrected chi connectivity index (χ1v) is 8.84. The average molecular weight is 360 g/mol. The Balaban J connectivity index is 1.57. The lowest BCUT2D eigenvalue weighted by Gasteiger charge is -2.21. The molecule has 1 fully saturated rings. The molecular formula is C17H20N4O3S. The molecule has 132 valence electrons. The van der Waals surface area contributed by atoms with Crippen LogP contribution in [-0.4, -0.2) is 48.6 Å². The molecule has 1 unspecified atom stereocenters. The number of carbonyl (C=O) groups is 2. The van der Waals surface area contributed by atoms with Gasteiger partial charge in [0, 0.05) is 31.1 Å². The molecule has 1 atom stereocenters. The topological polar surface area (TPSA) is 74.8 Å². The highest BCUT2D eigenvalue weighted by atomic mass is 32.1. The lowest BCUT2D eigenvalue weighted by Crippen LogP contribution is -2.44. The van der Waals surface area contributed by atoms with E-state index in [2.05, 4.69) is 10.3 Å². The molecule has 2 aromatic rings. The maximum atomic E-state index is 12.3. The van der Waals surface area contributed by atoms with E-state index in [0.717, 1.165) is 17.1 Å². The molecule has 2 heterocycles. The normalized spacial score (nSPS) is 16.8. The number of hydrogen-bond donors (Lipinski definition) is 1. The second-order valence-electron chi connectivity index (χ2n) is 5.89. The summed E-state index contributed by atoms with van der Waals surface area (Å²) in [5.41, 5.74) is 3.40. The number of carbonyl (C=O) groups excluding carboxylic acids is 2. The largest absolute Gasteiger partial charge is 0.497 e. The summed E-state index contributed by atoms with van der Waals surface area (Å²) in [5.74, 6) is 0.738. The SMILES string of the molecule is COc1ccc(N2CC(NC(=O)N(C)Cc3cscn3)CC2=O)cc1. The molecule has 1 aromatic carbocycles. The van der Waals surface area contributed by atoms with Gasteiger partial charge in [-0.2, -0.15) is 0 Å². The first-order valence-electron chi connectivity index (χ1n) is 7.90. The van der Waals surface area contributed by atoms with E-state index in [1.807, 2.05) is 29.6 Å². The number of urea groups is 1. The number of aromatic nitrogens is 1. The van der Waals surface area contributed by atoms with Gasteiger partial charge in [-0.3, -0.25) is 4.79 Å². The van der Waals surface area contributed by atoms with Crippen LogP contribution in [0.1, 0.15) is 12.1 Å². The number of hydrogen-bond acceptors (Lipinski definition) is 5. The third-order valence-electron chi connectivity index (χ3n) is 4.07. The van der Waals surface area contributed by atoms with Gasteiger partial charge in [0.2, 0.25) is 5.91 Å². The molecule has 7 nitrogen and oxygen atoms in total. The number of amides is 3. The Labute approximate surface area is 150 Å². The zero-order valence-corrected chi connectivity index (χ0v) is 15.0. The molecule has 3 rings (SSSR count). The van der Waals surface area contributed by atoms with Crippen molar-refractivity contribution >= 4 is 29.0 Å². The molecule has 0 aliphatic carbocycles. The van der Waals surface area contributed by atoms with E-state index in [4.69, 9.17) is 4.74 Å². The second-order valence-corrected chi connectivity index (χ2v) is 6.61. The lowest BCUT2D eigenvalue weighted by atomic mass is 10.2. The fourth-order valence-corrected chi connectivity index (χ4v) is 3.28. The Kier molecular flexibility index (Phi) is 5.18. The van der Waals surface area contributed by atoms with E-state index >= 15 is 0 Å². The first-order chi connectivity index (χ1) is 12.1. The zero-order valence-electron chi connectivity index (χ0n) is 14.1. The highest BCUT2D eigenvalue weighted by Gasteiger charge is 2.32. The monoisotopic (exact) mass is 360 g/mol. The predicted octanol–water partition coefficient (Wildman–Crippen LogP) is 2.10. The zero-order chi connectivity index (χ0) is 17.8. The minimum atomic E-state index is -0.208. The Hall–Kier alpha value is -2.61. The molecule has 0 saturated carbocycles. The van der Waals surface area contributed by atoms with Crippen molar-refractivity contribution in [1.29, 1.82) is 0 Å². The summed E-state index contributed by atoms with van der Waals surface area (Å²) in [7, 11) is 3.32. The van der Waals surface area contributed by atoms with Crippen molar-refractivity contribution in [1.82, 2.24) is 15.2 Å². The highest BCUT2D eigenvalue weighted by Crippen LogP contribution is 2.24. The number of ether oxygens (including phenoxy) is 1. The summed E-state index contributed by atoms with van der Waals surface area (Å²) >= 11 is 1.50. The fourth-order valence-electron chi connectivity index (χ4n) is 2.73. The Bertz CT molecular complexity index is 733. The third-order valence-corrected chi connectivity index (χ3v) is 4.70. The fraction of sp³-hybridized carbons (Fsp3) is 0.353. The van der Waals surface area contributed by atoms with Crippen LogP contribution in [0, 0.1) is 0 Å².